The summed E-state index contributed by atoms with van der Waals surface area (Å²) in [7, 11) is 0. The highest BCUT2D eigenvalue weighted by molar-refractivity contribution is 5.84. The quantitative estimate of drug-likeness (QED) is 0.353. The van der Waals surface area contributed by atoms with Gasteiger partial charge >= 0.3 is 23.9 Å². The minimum absolute atomic E-state index is 0.0252. The van der Waals surface area contributed by atoms with Gasteiger partial charge in [0.05, 0.1) is 0 Å². The van der Waals surface area contributed by atoms with Crippen LogP contribution in [0.5, 0.6) is 0 Å². The maximum absolute atomic E-state index is 12.6. The molecule has 0 aliphatic heterocycles. The molecule has 35 heavy (non-hydrogen) atoms. The van der Waals surface area contributed by atoms with E-state index in [1.54, 1.807) is 48.5 Å². The van der Waals surface area contributed by atoms with E-state index in [1.165, 1.54) is 0 Å². The molecular formula is C26H40N2O7. The summed E-state index contributed by atoms with van der Waals surface area (Å²) < 4.78 is 15.9. The molecule has 196 valence electrons. The van der Waals surface area contributed by atoms with Gasteiger partial charge in [-0.15, -0.1) is 0 Å². The Kier molecular flexibility index (Phi) is 11.7. The molecule has 0 spiro atoms. The summed E-state index contributed by atoms with van der Waals surface area (Å²) in [4.78, 5) is 49.2. The molecule has 1 aromatic rings. The summed E-state index contributed by atoms with van der Waals surface area (Å²) in [6.07, 6.45) is 0.445. The number of benzene rings is 1. The molecular weight excluding hydrogens is 452 g/mol. The predicted molar refractivity (Wildman–Crippen MR) is 131 cm³/mol. The first kappa shape index (κ1) is 29.9. The fraction of sp³-hybridized carbons (Fsp3) is 0.615. The van der Waals surface area contributed by atoms with E-state index in [1.807, 2.05) is 30.3 Å². The fourth-order valence-electron chi connectivity index (χ4n) is 2.92. The Labute approximate surface area is 208 Å². The molecule has 0 bridgehead atoms. The van der Waals surface area contributed by atoms with Crippen molar-refractivity contribution in [2.24, 2.45) is 0 Å². The van der Waals surface area contributed by atoms with E-state index < -0.39 is 35.2 Å². The number of hydrogen-bond acceptors (Lipinski definition) is 7. The van der Waals surface area contributed by atoms with Crippen molar-refractivity contribution < 1.29 is 33.4 Å². The Morgan fingerprint density at radius 3 is 1.94 bits per heavy atom. The Morgan fingerprint density at radius 2 is 1.37 bits per heavy atom. The molecule has 0 unspecified atom stereocenters. The molecule has 2 atom stereocenters. The number of rotatable bonds is 11. The van der Waals surface area contributed by atoms with Crippen molar-refractivity contribution in [2.45, 2.75) is 104 Å². The van der Waals surface area contributed by atoms with Gasteiger partial charge in [-0.2, -0.15) is 0 Å². The van der Waals surface area contributed by atoms with Crippen molar-refractivity contribution in [3.63, 3.8) is 0 Å². The van der Waals surface area contributed by atoms with E-state index in [0.29, 0.717) is 6.42 Å². The summed E-state index contributed by atoms with van der Waals surface area (Å²) in [5.41, 5.74) is -0.515. The highest BCUT2D eigenvalue weighted by Gasteiger charge is 2.28. The normalized spacial score (nSPS) is 13.2. The van der Waals surface area contributed by atoms with Gasteiger partial charge in [0.1, 0.15) is 23.9 Å². The molecule has 2 N–H and O–H groups in total. The predicted octanol–water partition coefficient (Wildman–Crippen LogP) is 4.03. The summed E-state index contributed by atoms with van der Waals surface area (Å²) in [6, 6.07) is 7.35. The van der Waals surface area contributed by atoms with Crippen molar-refractivity contribution >= 4 is 23.9 Å². The molecule has 0 aliphatic rings. The monoisotopic (exact) mass is 492 g/mol. The van der Waals surface area contributed by atoms with Crippen LogP contribution in [-0.2, 0) is 35.2 Å². The number of carbonyl (C=O) groups excluding carboxylic acids is 4. The number of urea groups is 1. The van der Waals surface area contributed by atoms with Gasteiger partial charge in [0.25, 0.3) is 0 Å². The second kappa shape index (κ2) is 13.7. The second-order valence-corrected chi connectivity index (χ2v) is 10.4. The van der Waals surface area contributed by atoms with E-state index >= 15 is 0 Å². The van der Waals surface area contributed by atoms with E-state index in [9.17, 15) is 19.2 Å². The van der Waals surface area contributed by atoms with Crippen LogP contribution in [0.25, 0.3) is 0 Å². The maximum atomic E-state index is 12.6. The van der Waals surface area contributed by atoms with Crippen LogP contribution in [-0.4, -0.2) is 47.2 Å². The largest absolute Gasteiger partial charge is 0.461 e. The van der Waals surface area contributed by atoms with Gasteiger partial charge in [-0.05, 0) is 66.9 Å². The van der Waals surface area contributed by atoms with E-state index in [-0.39, 0.29) is 37.9 Å². The number of hydrogen-bond donors (Lipinski definition) is 2. The van der Waals surface area contributed by atoms with Crippen molar-refractivity contribution in [1.82, 2.24) is 10.6 Å². The number of esters is 3. The third-order valence-electron chi connectivity index (χ3n) is 4.46. The van der Waals surface area contributed by atoms with Crippen molar-refractivity contribution in [3.05, 3.63) is 35.9 Å². The topological polar surface area (TPSA) is 120 Å². The zero-order valence-electron chi connectivity index (χ0n) is 21.9. The van der Waals surface area contributed by atoms with Gasteiger partial charge in [0.2, 0.25) is 0 Å². The van der Waals surface area contributed by atoms with E-state index in [2.05, 4.69) is 10.6 Å². The lowest BCUT2D eigenvalue weighted by Crippen LogP contribution is -2.50. The number of carbonyl (C=O) groups is 4. The third kappa shape index (κ3) is 14.7. The highest BCUT2D eigenvalue weighted by Crippen LogP contribution is 2.14. The molecule has 9 heteroatoms. The SMILES string of the molecule is C[C@H](CCC(=O)OCc1ccccc1)NC(=O)N[C@@H](CCC(=O)OC(C)(C)C)C(=O)OC(C)(C)C. The van der Waals surface area contributed by atoms with Crippen molar-refractivity contribution in [2.75, 3.05) is 0 Å². The first-order valence-electron chi connectivity index (χ1n) is 11.9. The zero-order chi connectivity index (χ0) is 26.6. The lowest BCUT2D eigenvalue weighted by atomic mass is 10.1. The van der Waals surface area contributed by atoms with Gasteiger partial charge in [-0.25, -0.2) is 9.59 Å². The average Bonchev–Trinajstić information content (AvgIpc) is 2.71. The molecule has 1 aromatic carbocycles. The van der Waals surface area contributed by atoms with Gasteiger partial charge in [0.15, 0.2) is 0 Å². The molecule has 0 saturated carbocycles. The number of nitrogens with one attached hydrogen (secondary N) is 2. The minimum atomic E-state index is -1.04. The van der Waals surface area contributed by atoms with Gasteiger partial charge in [0, 0.05) is 18.9 Å². The van der Waals surface area contributed by atoms with Gasteiger partial charge in [-0.3, -0.25) is 9.59 Å². The van der Waals surface area contributed by atoms with Crippen LogP contribution in [0.1, 0.15) is 79.7 Å². The first-order chi connectivity index (χ1) is 16.1. The van der Waals surface area contributed by atoms with Gasteiger partial charge in [-0.1, -0.05) is 30.3 Å². The first-order valence-corrected chi connectivity index (χ1v) is 11.9. The summed E-state index contributed by atoms with van der Waals surface area (Å²) in [5.74, 6) is -1.49. The number of ether oxygens (including phenoxy) is 3. The van der Waals surface area contributed by atoms with Crippen LogP contribution < -0.4 is 10.6 Å². The Morgan fingerprint density at radius 1 is 0.800 bits per heavy atom. The van der Waals surface area contributed by atoms with Crippen molar-refractivity contribution in [3.8, 4) is 0 Å². The lowest BCUT2D eigenvalue weighted by molar-refractivity contribution is -0.158. The molecule has 2 amide bonds. The van der Waals surface area contributed by atoms with E-state index in [4.69, 9.17) is 14.2 Å². The van der Waals surface area contributed by atoms with Crippen LogP contribution >= 0.6 is 0 Å². The summed E-state index contributed by atoms with van der Waals surface area (Å²) >= 11 is 0. The molecule has 0 saturated heterocycles. The molecule has 0 aliphatic carbocycles. The molecule has 1 rings (SSSR count). The fourth-order valence-corrected chi connectivity index (χ4v) is 2.92. The summed E-state index contributed by atoms with van der Waals surface area (Å²) in [6.45, 7) is 12.3. The average molecular weight is 493 g/mol. The Balaban J connectivity index is 2.55. The molecule has 0 radical (unpaired) electrons. The molecule has 0 fully saturated rings. The Bertz CT molecular complexity index is 841. The van der Waals surface area contributed by atoms with Crippen LogP contribution in [0.3, 0.4) is 0 Å². The zero-order valence-corrected chi connectivity index (χ0v) is 21.9. The van der Waals surface area contributed by atoms with E-state index in [0.717, 1.165) is 5.56 Å². The minimum Gasteiger partial charge on any atom is -0.461 e. The highest BCUT2D eigenvalue weighted by atomic mass is 16.6. The van der Waals surface area contributed by atoms with Gasteiger partial charge < -0.3 is 24.8 Å². The second-order valence-electron chi connectivity index (χ2n) is 10.4. The van der Waals surface area contributed by atoms with Crippen LogP contribution in [0.2, 0.25) is 0 Å². The van der Waals surface area contributed by atoms with Crippen LogP contribution in [0.4, 0.5) is 4.79 Å². The molecule has 0 heterocycles. The lowest BCUT2D eigenvalue weighted by Gasteiger charge is -2.25. The molecule has 9 nitrogen and oxygen atoms in total. The summed E-state index contributed by atoms with van der Waals surface area (Å²) in [5, 5.41) is 5.28. The van der Waals surface area contributed by atoms with Crippen molar-refractivity contribution in [1.29, 1.82) is 0 Å². The number of amides is 2. The molecule has 0 aromatic heterocycles. The third-order valence-corrected chi connectivity index (χ3v) is 4.46. The Hall–Kier alpha value is -3.10. The standard InChI is InChI=1S/C26H40N2O7/c1-18(13-15-21(29)33-17-19-11-9-8-10-12-19)27-24(32)28-20(23(31)35-26(5,6)7)14-16-22(30)34-25(2,3)4/h8-12,18,20H,13-17H2,1-7H3,(H2,27,28,32)/t18-,20+/m1/s1. The van der Waals surface area contributed by atoms with Crippen LogP contribution in [0, 0.1) is 0 Å². The van der Waals surface area contributed by atoms with Crippen LogP contribution in [0.15, 0.2) is 30.3 Å². The maximum Gasteiger partial charge on any atom is 0.329 e. The smallest absolute Gasteiger partial charge is 0.329 e.